The zero-order valence-corrected chi connectivity index (χ0v) is 5.54. The van der Waals surface area contributed by atoms with Crippen LogP contribution in [0.5, 0.6) is 0 Å². The fourth-order valence-electron chi connectivity index (χ4n) is 0.947. The maximum Gasteiger partial charge on any atom is 0.407 e. The van der Waals surface area contributed by atoms with E-state index in [0.717, 1.165) is 0 Å². The molecule has 0 aromatic rings. The van der Waals surface area contributed by atoms with Crippen molar-refractivity contribution in [2.45, 2.75) is 0 Å². The van der Waals surface area contributed by atoms with E-state index in [4.69, 9.17) is 5.11 Å². The van der Waals surface area contributed by atoms with Crippen LogP contribution in [0.25, 0.3) is 0 Å². The summed E-state index contributed by atoms with van der Waals surface area (Å²) in [6.07, 6.45) is -0.924. The van der Waals surface area contributed by atoms with E-state index >= 15 is 0 Å². The van der Waals surface area contributed by atoms with Crippen molar-refractivity contribution in [2.24, 2.45) is 0 Å². The molecule has 0 saturated carbocycles. The van der Waals surface area contributed by atoms with Crippen LogP contribution in [0.4, 0.5) is 4.79 Å². The van der Waals surface area contributed by atoms with Gasteiger partial charge < -0.3 is 15.4 Å². The third-order valence-electron chi connectivity index (χ3n) is 1.59. The summed E-state index contributed by atoms with van der Waals surface area (Å²) in [6, 6.07) is 0. The summed E-state index contributed by atoms with van der Waals surface area (Å²) in [6.45, 7) is 1.50. The van der Waals surface area contributed by atoms with Crippen LogP contribution in [-0.4, -0.2) is 42.3 Å². The average Bonchev–Trinajstić information content (AvgIpc) is 1.88. The van der Waals surface area contributed by atoms with Crippen LogP contribution in [0, 0.1) is 5.21 Å². The van der Waals surface area contributed by atoms with Gasteiger partial charge in [0, 0.05) is 0 Å². The lowest BCUT2D eigenvalue weighted by molar-refractivity contribution is -0.852. The lowest BCUT2D eigenvalue weighted by atomic mass is 10.4. The predicted octanol–water partition coefficient (Wildman–Crippen LogP) is -1.64. The van der Waals surface area contributed by atoms with Crippen molar-refractivity contribution in [3.05, 3.63) is 5.21 Å². The number of hydrogen-bond donors (Lipinski definition) is 2. The summed E-state index contributed by atoms with van der Waals surface area (Å²) < 4.78 is 0. The number of nitrogens with zero attached hydrogens (tertiary/aromatic N) is 1. The van der Waals surface area contributed by atoms with Crippen molar-refractivity contribution in [1.82, 2.24) is 4.90 Å². The molecule has 0 aromatic heterocycles. The Kier molecular flexibility index (Phi) is 2.08. The van der Waals surface area contributed by atoms with E-state index < -0.39 is 6.09 Å². The van der Waals surface area contributed by atoms with Crippen molar-refractivity contribution in [3.63, 3.8) is 0 Å². The molecular weight excluding hydrogens is 136 g/mol. The molecule has 5 heteroatoms. The second-order valence-corrected chi connectivity index (χ2v) is 2.31. The molecule has 10 heavy (non-hydrogen) atoms. The molecule has 0 bridgehead atoms. The van der Waals surface area contributed by atoms with Gasteiger partial charge in [-0.25, -0.2) is 4.79 Å². The Labute approximate surface area is 58.4 Å². The Hall–Kier alpha value is -0.810. The van der Waals surface area contributed by atoms with Gasteiger partial charge in [-0.3, -0.25) is 4.90 Å². The van der Waals surface area contributed by atoms with Crippen molar-refractivity contribution < 1.29 is 15.0 Å². The number of quaternary nitrogens is 1. The number of piperazine rings is 1. The van der Waals surface area contributed by atoms with Gasteiger partial charge in [-0.1, -0.05) is 0 Å². The molecule has 2 N–H and O–H groups in total. The van der Waals surface area contributed by atoms with E-state index in [1.54, 1.807) is 0 Å². The first-order valence-electron chi connectivity index (χ1n) is 3.20. The zero-order valence-electron chi connectivity index (χ0n) is 5.54. The van der Waals surface area contributed by atoms with Gasteiger partial charge in [-0.05, 0) is 0 Å². The monoisotopic (exact) mass is 146 g/mol. The summed E-state index contributed by atoms with van der Waals surface area (Å²) in [5, 5.41) is 19.2. The van der Waals surface area contributed by atoms with E-state index in [0.29, 0.717) is 26.2 Å². The van der Waals surface area contributed by atoms with Crippen LogP contribution >= 0.6 is 0 Å². The van der Waals surface area contributed by atoms with E-state index in [1.807, 2.05) is 0 Å². The molecule has 1 aliphatic rings. The van der Waals surface area contributed by atoms with Crippen molar-refractivity contribution in [3.8, 4) is 0 Å². The van der Waals surface area contributed by atoms with Crippen LogP contribution in [0.1, 0.15) is 0 Å². The fourth-order valence-corrected chi connectivity index (χ4v) is 0.947. The Bertz CT molecular complexity index is 131. The number of carbonyl (C=O) groups is 1. The van der Waals surface area contributed by atoms with Gasteiger partial charge in [-0.2, -0.15) is 0 Å². The standard InChI is InChI=1S/C5H10N2O3/c8-5(9)6-1-3-7(10)4-2-6/h7H,1-4H2,(H,8,9). The highest BCUT2D eigenvalue weighted by molar-refractivity contribution is 5.64. The largest absolute Gasteiger partial charge is 0.634 e. The molecule has 0 aliphatic carbocycles. The molecular formula is C5H10N2O3. The van der Waals surface area contributed by atoms with Crippen LogP contribution in [0.2, 0.25) is 0 Å². The maximum absolute atomic E-state index is 10.6. The van der Waals surface area contributed by atoms with Crippen LogP contribution in [0.15, 0.2) is 0 Å². The first kappa shape index (κ1) is 7.30. The molecule has 0 unspecified atom stereocenters. The third kappa shape index (κ3) is 1.58. The molecule has 1 heterocycles. The minimum absolute atomic E-state index is 0.164. The number of amides is 1. The van der Waals surface area contributed by atoms with E-state index in [2.05, 4.69) is 0 Å². The molecule has 0 spiro atoms. The van der Waals surface area contributed by atoms with Crippen LogP contribution in [0.3, 0.4) is 0 Å². The maximum atomic E-state index is 10.6. The second-order valence-electron chi connectivity index (χ2n) is 2.31. The molecule has 0 aromatic carbocycles. The SMILES string of the molecule is O=C(O)N1CC[NH+]([O-])CC1. The zero-order chi connectivity index (χ0) is 7.56. The Morgan fingerprint density at radius 3 is 2.40 bits per heavy atom. The first-order valence-corrected chi connectivity index (χ1v) is 3.20. The van der Waals surface area contributed by atoms with Crippen molar-refractivity contribution in [1.29, 1.82) is 0 Å². The number of rotatable bonds is 0. The molecule has 58 valence electrons. The van der Waals surface area contributed by atoms with Crippen LogP contribution < -0.4 is 5.06 Å². The number of carboxylic acid groups (broad SMARTS) is 1. The smallest absolute Gasteiger partial charge is 0.407 e. The second kappa shape index (κ2) is 2.85. The molecule has 0 atom stereocenters. The number of nitrogens with one attached hydrogen (secondary N) is 1. The normalized spacial score (nSPS) is 21.1. The summed E-state index contributed by atoms with van der Waals surface area (Å²) >= 11 is 0. The van der Waals surface area contributed by atoms with Crippen LogP contribution in [-0.2, 0) is 0 Å². The molecule has 1 rings (SSSR count). The Morgan fingerprint density at radius 1 is 1.50 bits per heavy atom. The highest BCUT2D eigenvalue weighted by Crippen LogP contribution is 1.88. The summed E-state index contributed by atoms with van der Waals surface area (Å²) in [4.78, 5) is 11.5. The van der Waals surface area contributed by atoms with E-state index in [9.17, 15) is 10.0 Å². The molecule has 1 aliphatic heterocycles. The van der Waals surface area contributed by atoms with Gasteiger partial charge >= 0.3 is 6.09 Å². The average molecular weight is 146 g/mol. The molecule has 0 radical (unpaired) electrons. The first-order chi connectivity index (χ1) is 4.70. The summed E-state index contributed by atoms with van der Waals surface area (Å²) in [5.41, 5.74) is 0. The fraction of sp³-hybridized carbons (Fsp3) is 0.800. The van der Waals surface area contributed by atoms with Gasteiger partial charge in [-0.15, -0.1) is 0 Å². The highest BCUT2D eigenvalue weighted by Gasteiger charge is 2.18. The van der Waals surface area contributed by atoms with Gasteiger partial charge in [0.25, 0.3) is 0 Å². The minimum atomic E-state index is -0.924. The van der Waals surface area contributed by atoms with Gasteiger partial charge in [0.1, 0.15) is 0 Å². The number of hydroxylamine groups is 2. The predicted molar refractivity (Wildman–Crippen MR) is 33.7 cm³/mol. The summed E-state index contributed by atoms with van der Waals surface area (Å²) in [7, 11) is 0. The number of hydrogen-bond acceptors (Lipinski definition) is 2. The molecule has 1 saturated heterocycles. The third-order valence-corrected chi connectivity index (χ3v) is 1.59. The van der Waals surface area contributed by atoms with E-state index in [1.165, 1.54) is 4.90 Å². The quantitative estimate of drug-likeness (QED) is 0.403. The van der Waals surface area contributed by atoms with Crippen molar-refractivity contribution >= 4 is 6.09 Å². The highest BCUT2D eigenvalue weighted by atomic mass is 16.5. The van der Waals surface area contributed by atoms with Gasteiger partial charge in [0.2, 0.25) is 0 Å². The van der Waals surface area contributed by atoms with Gasteiger partial charge in [0.15, 0.2) is 0 Å². The Morgan fingerprint density at radius 2 is 2.00 bits per heavy atom. The lowest BCUT2D eigenvalue weighted by Crippen LogP contribution is -3.10. The molecule has 1 fully saturated rings. The van der Waals surface area contributed by atoms with Crippen molar-refractivity contribution in [2.75, 3.05) is 26.2 Å². The lowest BCUT2D eigenvalue weighted by Gasteiger charge is -2.32. The Balaban J connectivity index is 2.33. The van der Waals surface area contributed by atoms with E-state index in [-0.39, 0.29) is 5.06 Å². The molecule has 5 nitrogen and oxygen atoms in total. The topological polar surface area (TPSA) is 68.0 Å². The van der Waals surface area contributed by atoms with Gasteiger partial charge in [0.05, 0.1) is 26.2 Å². The summed E-state index contributed by atoms with van der Waals surface area (Å²) in [5.74, 6) is 0. The minimum Gasteiger partial charge on any atom is -0.634 e. The molecule has 1 amide bonds.